The van der Waals surface area contributed by atoms with Gasteiger partial charge in [0.25, 0.3) is 0 Å². The molecular weight excluding hydrogens is 344 g/mol. The molecule has 0 radical (unpaired) electrons. The zero-order valence-electron chi connectivity index (χ0n) is 15.5. The van der Waals surface area contributed by atoms with Crippen LogP contribution in [0.2, 0.25) is 0 Å². The number of aliphatic hydroxyl groups is 1. The normalized spacial score (nSPS) is 32.7. The summed E-state index contributed by atoms with van der Waals surface area (Å²) in [5.74, 6) is -0.654. The van der Waals surface area contributed by atoms with E-state index in [1.807, 2.05) is 13.0 Å². The molecule has 0 saturated carbocycles. The third-order valence-electron chi connectivity index (χ3n) is 6.58. The largest absolute Gasteiger partial charge is 0.497 e. The lowest BCUT2D eigenvalue weighted by molar-refractivity contribution is -0.143. The number of hydrogen-bond acceptors (Lipinski definition) is 5. The number of carbonyl (C=O) groups is 1. The lowest BCUT2D eigenvalue weighted by atomic mass is 9.70. The molecule has 0 amide bonds. The number of methoxy groups -OCH3 is 1. The molecule has 2 aromatic rings. The van der Waals surface area contributed by atoms with Gasteiger partial charge in [-0.15, -0.1) is 0 Å². The van der Waals surface area contributed by atoms with Crippen LogP contribution >= 0.6 is 0 Å². The first-order valence-electron chi connectivity index (χ1n) is 9.55. The lowest BCUT2D eigenvalue weighted by Gasteiger charge is -2.51. The molecule has 4 heterocycles. The minimum atomic E-state index is -0.701. The number of aromatic amines is 1. The summed E-state index contributed by atoms with van der Waals surface area (Å²) in [6.07, 6.45) is 1.69. The van der Waals surface area contributed by atoms with Crippen molar-refractivity contribution in [2.45, 2.75) is 31.6 Å². The van der Waals surface area contributed by atoms with E-state index in [2.05, 4.69) is 28.1 Å². The van der Waals surface area contributed by atoms with Gasteiger partial charge in [-0.1, -0.05) is 18.2 Å². The molecule has 0 bridgehead atoms. The van der Waals surface area contributed by atoms with Crippen LogP contribution in [0.25, 0.3) is 10.9 Å². The Hall–Kier alpha value is -2.31. The highest BCUT2D eigenvalue weighted by atomic mass is 16.5. The molecule has 144 valence electrons. The zero-order chi connectivity index (χ0) is 18.7. The summed E-state index contributed by atoms with van der Waals surface area (Å²) in [6.45, 7) is 3.69. The van der Waals surface area contributed by atoms with Gasteiger partial charge in [0.15, 0.2) is 0 Å². The van der Waals surface area contributed by atoms with Gasteiger partial charge in [-0.25, -0.2) is 4.79 Å². The molecule has 1 aromatic carbocycles. The number of carbonyl (C=O) groups excluding carboxylic acids is 1. The fourth-order valence-electron chi connectivity index (χ4n) is 5.26. The van der Waals surface area contributed by atoms with Crippen molar-refractivity contribution >= 4 is 16.9 Å². The standard InChI is InChI=1S/C21H24N2O4.H2/c1-11-14-9-23-8-7-13-12-5-3-4-6-16(12)22-18(13)19(23)20(24)17(14)15(10-27-11)21(25)26-2;/h3-6,10-11,14,17,19-20,22,24H,7-9H2,1-2H3;1H/t11-,14+,17?,19-,20+;/m1./s1. The maximum Gasteiger partial charge on any atom is 0.337 e. The molecule has 3 aliphatic rings. The van der Waals surface area contributed by atoms with Crippen LogP contribution in [0.4, 0.5) is 0 Å². The first-order valence-corrected chi connectivity index (χ1v) is 9.55. The number of piperidine rings is 1. The summed E-state index contributed by atoms with van der Waals surface area (Å²) >= 11 is 0. The number of esters is 1. The highest BCUT2D eigenvalue weighted by Gasteiger charge is 2.52. The minimum Gasteiger partial charge on any atom is -0.497 e. The molecule has 1 unspecified atom stereocenters. The van der Waals surface area contributed by atoms with Crippen molar-refractivity contribution in [3.8, 4) is 0 Å². The van der Waals surface area contributed by atoms with Gasteiger partial charge in [-0.2, -0.15) is 0 Å². The minimum absolute atomic E-state index is 0. The maximum absolute atomic E-state index is 12.3. The second-order valence-corrected chi connectivity index (χ2v) is 7.84. The van der Waals surface area contributed by atoms with Gasteiger partial charge in [-0.05, 0) is 25.0 Å². The second-order valence-electron chi connectivity index (χ2n) is 7.84. The highest BCUT2D eigenvalue weighted by Crippen LogP contribution is 2.47. The van der Waals surface area contributed by atoms with Crippen LogP contribution in [0.3, 0.4) is 0 Å². The molecule has 27 heavy (non-hydrogen) atoms. The molecule has 2 N–H and O–H groups in total. The number of para-hydroxylation sites is 1. The first-order chi connectivity index (χ1) is 13.1. The predicted molar refractivity (Wildman–Crippen MR) is 102 cm³/mol. The van der Waals surface area contributed by atoms with Crippen LogP contribution in [0.15, 0.2) is 36.1 Å². The van der Waals surface area contributed by atoms with Gasteiger partial charge >= 0.3 is 5.97 Å². The number of nitrogens with one attached hydrogen (secondary N) is 1. The van der Waals surface area contributed by atoms with Crippen LogP contribution < -0.4 is 0 Å². The van der Waals surface area contributed by atoms with Crippen LogP contribution in [-0.2, 0) is 20.7 Å². The summed E-state index contributed by atoms with van der Waals surface area (Å²) < 4.78 is 10.7. The number of benzene rings is 1. The van der Waals surface area contributed by atoms with E-state index in [-0.39, 0.29) is 25.4 Å². The maximum atomic E-state index is 12.3. The van der Waals surface area contributed by atoms with Gasteiger partial charge in [-0.3, -0.25) is 4.90 Å². The molecule has 6 nitrogen and oxygen atoms in total. The number of nitrogens with zero attached hydrogens (tertiary/aromatic N) is 1. The summed E-state index contributed by atoms with van der Waals surface area (Å²) in [6, 6.07) is 8.13. The number of rotatable bonds is 1. The van der Waals surface area contributed by atoms with E-state index in [0.29, 0.717) is 5.57 Å². The third-order valence-corrected chi connectivity index (χ3v) is 6.58. The Morgan fingerprint density at radius 1 is 1.41 bits per heavy atom. The Morgan fingerprint density at radius 2 is 2.22 bits per heavy atom. The average molecular weight is 370 g/mol. The third kappa shape index (κ3) is 2.36. The summed E-state index contributed by atoms with van der Waals surface area (Å²) in [4.78, 5) is 18.2. The Morgan fingerprint density at radius 3 is 3.04 bits per heavy atom. The molecule has 6 heteroatoms. The number of H-pyrrole nitrogens is 1. The Balaban J connectivity index is 0.00000192. The van der Waals surface area contributed by atoms with Gasteiger partial charge in [0.05, 0.1) is 37.2 Å². The van der Waals surface area contributed by atoms with E-state index in [4.69, 9.17) is 9.47 Å². The lowest BCUT2D eigenvalue weighted by Crippen LogP contribution is -2.58. The van der Waals surface area contributed by atoms with Crippen molar-refractivity contribution in [1.82, 2.24) is 9.88 Å². The highest BCUT2D eigenvalue weighted by molar-refractivity contribution is 5.89. The van der Waals surface area contributed by atoms with E-state index >= 15 is 0 Å². The van der Waals surface area contributed by atoms with Gasteiger partial charge in [0.1, 0.15) is 0 Å². The van der Waals surface area contributed by atoms with Crippen LogP contribution in [0.5, 0.6) is 0 Å². The monoisotopic (exact) mass is 370 g/mol. The zero-order valence-corrected chi connectivity index (χ0v) is 15.5. The number of ether oxygens (including phenoxy) is 2. The quantitative estimate of drug-likeness (QED) is 0.754. The smallest absolute Gasteiger partial charge is 0.337 e. The van der Waals surface area contributed by atoms with Gasteiger partial charge in [0.2, 0.25) is 0 Å². The molecule has 0 spiro atoms. The summed E-state index contributed by atoms with van der Waals surface area (Å²) in [5, 5.41) is 12.7. The van der Waals surface area contributed by atoms with E-state index in [1.165, 1.54) is 24.3 Å². The fourth-order valence-corrected chi connectivity index (χ4v) is 5.26. The summed E-state index contributed by atoms with van der Waals surface area (Å²) in [7, 11) is 1.37. The Bertz CT molecular complexity index is 940. The molecule has 1 fully saturated rings. The second kappa shape index (κ2) is 6.11. The van der Waals surface area contributed by atoms with Crippen molar-refractivity contribution in [2.24, 2.45) is 11.8 Å². The van der Waals surface area contributed by atoms with E-state index in [0.717, 1.165) is 30.7 Å². The Labute approximate surface area is 159 Å². The first kappa shape index (κ1) is 16.8. The number of aliphatic hydroxyl groups excluding tert-OH is 1. The summed E-state index contributed by atoms with van der Waals surface area (Å²) in [5.41, 5.74) is 3.91. The predicted octanol–water partition coefficient (Wildman–Crippen LogP) is 2.40. The van der Waals surface area contributed by atoms with Crippen LogP contribution in [0.1, 0.15) is 25.6 Å². The van der Waals surface area contributed by atoms with Crippen LogP contribution in [-0.4, -0.2) is 53.4 Å². The number of hydrogen-bond donors (Lipinski definition) is 2. The van der Waals surface area contributed by atoms with Gasteiger partial charge in [0, 0.05) is 42.9 Å². The van der Waals surface area contributed by atoms with Crippen molar-refractivity contribution in [1.29, 1.82) is 0 Å². The number of aromatic nitrogens is 1. The van der Waals surface area contributed by atoms with Crippen LogP contribution in [0, 0.1) is 11.8 Å². The van der Waals surface area contributed by atoms with Crippen molar-refractivity contribution < 1.29 is 20.8 Å². The average Bonchev–Trinajstić information content (AvgIpc) is 3.06. The SMILES string of the molecule is COC(=O)C1=CO[C@H](C)[C@@H]2CN3CCc4c([nH]c5ccccc45)[C@@H]3[C@@H](O)C12.[HH]. The molecular formula is C21H26N2O4. The van der Waals surface area contributed by atoms with E-state index in [1.54, 1.807) is 0 Å². The Kier molecular flexibility index (Phi) is 3.81. The van der Waals surface area contributed by atoms with E-state index < -0.39 is 12.1 Å². The fraction of sp³-hybridized carbons (Fsp3) is 0.476. The van der Waals surface area contributed by atoms with Gasteiger partial charge < -0.3 is 19.6 Å². The molecule has 1 aromatic heterocycles. The van der Waals surface area contributed by atoms with Crippen molar-refractivity contribution in [3.05, 3.63) is 47.4 Å². The molecule has 5 rings (SSSR count). The molecule has 1 saturated heterocycles. The molecule has 0 aliphatic carbocycles. The topological polar surface area (TPSA) is 74.8 Å². The van der Waals surface area contributed by atoms with Crippen molar-refractivity contribution in [2.75, 3.05) is 20.2 Å². The molecule has 5 atom stereocenters. The van der Waals surface area contributed by atoms with E-state index in [9.17, 15) is 9.90 Å². The number of fused-ring (bicyclic) bond motifs is 6. The van der Waals surface area contributed by atoms with Crippen molar-refractivity contribution in [3.63, 3.8) is 0 Å². The molecule has 3 aliphatic heterocycles.